The molecule has 3 nitrogen and oxygen atoms in total. The largest absolute Gasteiger partial charge is 0.311 e. The van der Waals surface area contributed by atoms with E-state index < -0.39 is 0 Å². The Morgan fingerprint density at radius 2 is 0.764 bits per heavy atom. The molecule has 0 saturated heterocycles. The minimum absolute atomic E-state index is 0.0118. The second-order valence-electron chi connectivity index (χ2n) is 33.5. The summed E-state index contributed by atoms with van der Waals surface area (Å²) in [6.07, 6.45) is 2.30. The average Bonchev–Trinajstić information content (AvgIpc) is 0.708. The molecule has 454 valence electrons. The van der Waals surface area contributed by atoms with Gasteiger partial charge in [0.25, 0.3) is 6.71 Å². The summed E-state index contributed by atoms with van der Waals surface area (Å²) in [6.45, 7) is 50.2. The van der Waals surface area contributed by atoms with Crippen molar-refractivity contribution in [1.29, 1.82) is 0 Å². The molecule has 0 aromatic heterocycles. The third-order valence-corrected chi connectivity index (χ3v) is 21.5. The van der Waals surface area contributed by atoms with Crippen molar-refractivity contribution in [1.82, 2.24) is 0 Å². The average molecular weight is 1170 g/mol. The predicted molar refractivity (Wildman–Crippen MR) is 386 cm³/mol. The van der Waals surface area contributed by atoms with Crippen LogP contribution in [-0.4, -0.2) is 6.71 Å². The van der Waals surface area contributed by atoms with Crippen molar-refractivity contribution in [3.8, 4) is 11.1 Å². The van der Waals surface area contributed by atoms with Crippen LogP contribution in [0.4, 0.5) is 51.2 Å². The molecule has 4 heteroatoms. The normalized spacial score (nSPS) is 16.8. The van der Waals surface area contributed by atoms with Gasteiger partial charge in [0, 0.05) is 56.2 Å². The predicted octanol–water partition coefficient (Wildman–Crippen LogP) is 21.7. The Morgan fingerprint density at radius 3 is 1.27 bits per heavy atom. The number of rotatable bonds is 6. The highest BCUT2D eigenvalue weighted by atomic mass is 15.2. The van der Waals surface area contributed by atoms with Crippen molar-refractivity contribution in [2.24, 2.45) is 0 Å². The maximum Gasteiger partial charge on any atom is 0.252 e. The lowest BCUT2D eigenvalue weighted by Crippen LogP contribution is -2.62. The van der Waals surface area contributed by atoms with Crippen molar-refractivity contribution in [2.45, 2.75) is 202 Å². The first-order valence-corrected chi connectivity index (χ1v) is 33.2. The Bertz CT molecular complexity index is 4240. The Hall–Kier alpha value is -7.56. The molecule has 9 aromatic carbocycles. The molecule has 4 aliphatic rings. The summed E-state index contributed by atoms with van der Waals surface area (Å²) in [5, 5.41) is 0. The van der Waals surface area contributed by atoms with Gasteiger partial charge in [0.05, 0.1) is 11.4 Å². The van der Waals surface area contributed by atoms with E-state index in [0.29, 0.717) is 0 Å². The molecular weight excluding hydrogens is 1070 g/mol. The van der Waals surface area contributed by atoms with E-state index in [4.69, 9.17) is 0 Å². The fourth-order valence-electron chi connectivity index (χ4n) is 15.7. The molecule has 2 heterocycles. The minimum Gasteiger partial charge on any atom is -0.311 e. The molecule has 0 atom stereocenters. The van der Waals surface area contributed by atoms with Gasteiger partial charge in [-0.15, -0.1) is 0 Å². The zero-order valence-electron chi connectivity index (χ0n) is 57.6. The molecule has 13 rings (SSSR count). The van der Waals surface area contributed by atoms with Gasteiger partial charge in [-0.3, -0.25) is 0 Å². The van der Waals surface area contributed by atoms with Crippen molar-refractivity contribution < 1.29 is 0 Å². The first-order valence-electron chi connectivity index (χ1n) is 33.2. The van der Waals surface area contributed by atoms with E-state index in [9.17, 15) is 0 Å². The molecular formula is C85H96BN3. The quantitative estimate of drug-likeness (QED) is 0.154. The molecule has 0 spiro atoms. The van der Waals surface area contributed by atoms with Gasteiger partial charge in [-0.2, -0.15) is 0 Å². The van der Waals surface area contributed by atoms with Crippen LogP contribution in [-0.2, 0) is 43.3 Å². The van der Waals surface area contributed by atoms with Crippen LogP contribution in [0.1, 0.15) is 213 Å². The van der Waals surface area contributed by atoms with E-state index in [-0.39, 0.29) is 50.0 Å². The summed E-state index contributed by atoms with van der Waals surface area (Å²) in [6, 6.07) is 70.1. The van der Waals surface area contributed by atoms with Crippen LogP contribution < -0.4 is 31.1 Å². The van der Waals surface area contributed by atoms with Gasteiger partial charge in [0.2, 0.25) is 0 Å². The maximum atomic E-state index is 2.73. The van der Waals surface area contributed by atoms with E-state index in [1.165, 1.54) is 123 Å². The van der Waals surface area contributed by atoms with Crippen LogP contribution in [0.15, 0.2) is 176 Å². The lowest BCUT2D eigenvalue weighted by Gasteiger charge is -2.49. The van der Waals surface area contributed by atoms with Gasteiger partial charge in [0.1, 0.15) is 0 Å². The first-order chi connectivity index (χ1) is 41.6. The standard InChI is InChI=1S/C85H96BN3/c1-53-45-65-66(83(16,17)44-43-82(65,14)15)51-73(53)89-72-42-36-58(81(11,12)13)47-69(72)86-70-50-67-68(85(20,21)64-30-26-25-29-63(64)84(67,18)19)52-74(70)88(71-41-35-57(80(8,9)10)46-62(71)54-27-23-22-24-28-54)75-48-61(49-76(89)77(75)86)87(59-37-31-55(32-38-59)78(2,3)4)60-39-33-56(34-40-60)79(5,6)7/h22-42,45-52H,43-44H2,1-21H3. The monoisotopic (exact) mass is 1170 g/mol. The third kappa shape index (κ3) is 9.83. The molecule has 0 fully saturated rings. The van der Waals surface area contributed by atoms with Crippen molar-refractivity contribution in [3.63, 3.8) is 0 Å². The molecule has 0 saturated carbocycles. The van der Waals surface area contributed by atoms with Gasteiger partial charge in [-0.05, 0) is 202 Å². The highest BCUT2D eigenvalue weighted by Gasteiger charge is 2.50. The number of benzene rings is 9. The lowest BCUT2D eigenvalue weighted by atomic mass is 9.33. The maximum absolute atomic E-state index is 2.73. The number of anilines is 9. The van der Waals surface area contributed by atoms with Crippen molar-refractivity contribution >= 4 is 74.3 Å². The summed E-state index contributed by atoms with van der Waals surface area (Å²) in [7, 11) is 0. The summed E-state index contributed by atoms with van der Waals surface area (Å²) in [4.78, 5) is 8.01. The van der Waals surface area contributed by atoms with Crippen LogP contribution in [0.2, 0.25) is 0 Å². The van der Waals surface area contributed by atoms with Crippen LogP contribution in [0.5, 0.6) is 0 Å². The van der Waals surface area contributed by atoms with E-state index in [0.717, 1.165) is 29.9 Å². The van der Waals surface area contributed by atoms with E-state index in [1.54, 1.807) is 0 Å². The number of hydrogen-bond donors (Lipinski definition) is 0. The molecule has 0 radical (unpaired) electrons. The second-order valence-corrected chi connectivity index (χ2v) is 33.5. The van der Waals surface area contributed by atoms with Crippen LogP contribution in [0.3, 0.4) is 0 Å². The van der Waals surface area contributed by atoms with Crippen molar-refractivity contribution in [3.05, 3.63) is 237 Å². The molecule has 0 N–H and O–H groups in total. The molecule has 2 aliphatic heterocycles. The molecule has 89 heavy (non-hydrogen) atoms. The molecule has 0 unspecified atom stereocenters. The first kappa shape index (κ1) is 60.4. The van der Waals surface area contributed by atoms with Gasteiger partial charge in [-0.25, -0.2) is 0 Å². The number of aryl methyl sites for hydroxylation is 1. The molecule has 2 aliphatic carbocycles. The highest BCUT2D eigenvalue weighted by Crippen LogP contribution is 2.56. The zero-order chi connectivity index (χ0) is 63.7. The topological polar surface area (TPSA) is 9.72 Å². The van der Waals surface area contributed by atoms with E-state index in [1.807, 2.05) is 0 Å². The molecule has 0 bridgehead atoms. The summed E-state index contributed by atoms with van der Waals surface area (Å²) in [5.41, 5.74) is 31.4. The lowest BCUT2D eigenvalue weighted by molar-refractivity contribution is 0.332. The Balaban J connectivity index is 1.23. The zero-order valence-corrected chi connectivity index (χ0v) is 57.6. The fraction of sp³-hybridized carbons (Fsp3) is 0.365. The fourth-order valence-corrected chi connectivity index (χ4v) is 15.7. The number of hydrogen-bond acceptors (Lipinski definition) is 3. The van der Waals surface area contributed by atoms with Crippen LogP contribution in [0, 0.1) is 6.92 Å². The second kappa shape index (κ2) is 20.2. The van der Waals surface area contributed by atoms with Crippen molar-refractivity contribution in [2.75, 3.05) is 14.7 Å². The SMILES string of the molecule is Cc1cc2c(cc1N1c3ccc(C(C)(C)C)cc3B3c4cc5c(cc4N(c4ccc(C(C)(C)C)cc4-c4ccccc4)c4cc(N(c6ccc(C(C)(C)C)cc6)c6ccc(C(C)(C)C)cc6)cc1c43)C(C)(C)c1ccccc1C5(C)C)C(C)(C)CCC2(C)C. The van der Waals surface area contributed by atoms with E-state index in [2.05, 4.69) is 336 Å². The Morgan fingerprint density at radius 1 is 0.348 bits per heavy atom. The van der Waals surface area contributed by atoms with E-state index >= 15 is 0 Å². The highest BCUT2D eigenvalue weighted by molar-refractivity contribution is 7.00. The van der Waals surface area contributed by atoms with Gasteiger partial charge in [-0.1, -0.05) is 248 Å². The Kier molecular flexibility index (Phi) is 13.7. The number of nitrogens with zero attached hydrogens (tertiary/aromatic N) is 3. The van der Waals surface area contributed by atoms with Crippen LogP contribution >= 0.6 is 0 Å². The smallest absolute Gasteiger partial charge is 0.252 e. The van der Waals surface area contributed by atoms with Gasteiger partial charge in [0.15, 0.2) is 0 Å². The van der Waals surface area contributed by atoms with Gasteiger partial charge < -0.3 is 14.7 Å². The summed E-state index contributed by atoms with van der Waals surface area (Å²) in [5.74, 6) is 0. The number of fused-ring (bicyclic) bond motifs is 7. The molecule has 9 aromatic rings. The minimum atomic E-state index is -0.296. The third-order valence-electron chi connectivity index (χ3n) is 21.5. The molecule has 0 amide bonds. The Labute approximate surface area is 535 Å². The summed E-state index contributed by atoms with van der Waals surface area (Å²) < 4.78 is 0. The van der Waals surface area contributed by atoms with Gasteiger partial charge >= 0.3 is 0 Å². The van der Waals surface area contributed by atoms with Crippen LogP contribution in [0.25, 0.3) is 11.1 Å². The summed E-state index contributed by atoms with van der Waals surface area (Å²) >= 11 is 0.